The van der Waals surface area contributed by atoms with Gasteiger partial charge in [-0.3, -0.25) is 0 Å². The van der Waals surface area contributed by atoms with Crippen molar-refractivity contribution < 1.29 is 4.42 Å². The minimum absolute atomic E-state index is 0.683. The molecule has 0 unspecified atom stereocenters. The van der Waals surface area contributed by atoms with Crippen molar-refractivity contribution in [1.29, 1.82) is 0 Å². The van der Waals surface area contributed by atoms with Gasteiger partial charge in [-0.15, -0.1) is 11.3 Å². The zero-order valence-corrected chi connectivity index (χ0v) is 24.8. The van der Waals surface area contributed by atoms with E-state index in [1.165, 1.54) is 42.0 Å². The lowest BCUT2D eigenvalue weighted by Crippen LogP contribution is -1.94. The van der Waals surface area contributed by atoms with E-state index in [-0.39, 0.29) is 0 Å². The van der Waals surface area contributed by atoms with Gasteiger partial charge in [0.05, 0.1) is 11.0 Å². The number of aromatic nitrogens is 3. The standard InChI is InChI=1S/C40H23N3OS/c1-3-11-24(12-4-1)37-39-38(42-40(41-37)25-13-5-2-6-14-25)28-20-19-26(23-32(28)44-39)43-30-17-9-7-15-27(30)35-31(43)21-22-34-36(35)29-16-8-10-18-33(29)45-34/h1-23H. The van der Waals surface area contributed by atoms with Gasteiger partial charge in [0.15, 0.2) is 11.4 Å². The maximum Gasteiger partial charge on any atom is 0.180 e. The van der Waals surface area contributed by atoms with Crippen molar-refractivity contribution in [2.75, 3.05) is 0 Å². The molecule has 5 heteroatoms. The highest BCUT2D eigenvalue weighted by molar-refractivity contribution is 7.26. The Bertz CT molecular complexity index is 2760. The van der Waals surface area contributed by atoms with Gasteiger partial charge in [0.1, 0.15) is 16.8 Å². The third-order valence-electron chi connectivity index (χ3n) is 8.81. The zero-order chi connectivity index (χ0) is 29.5. The van der Waals surface area contributed by atoms with Gasteiger partial charge in [0, 0.05) is 59.2 Å². The molecule has 0 spiro atoms. The van der Waals surface area contributed by atoms with Crippen LogP contribution >= 0.6 is 11.3 Å². The summed E-state index contributed by atoms with van der Waals surface area (Å²) in [6.07, 6.45) is 0. The van der Waals surface area contributed by atoms with Crippen LogP contribution in [0.1, 0.15) is 0 Å². The molecular weight excluding hydrogens is 571 g/mol. The molecule has 0 radical (unpaired) electrons. The van der Waals surface area contributed by atoms with Crippen LogP contribution in [0, 0.1) is 0 Å². The Hall–Kier alpha value is -5.78. The van der Waals surface area contributed by atoms with Gasteiger partial charge in [-0.2, -0.15) is 0 Å². The van der Waals surface area contributed by atoms with Crippen molar-refractivity contribution in [1.82, 2.24) is 14.5 Å². The summed E-state index contributed by atoms with van der Waals surface area (Å²) in [5.74, 6) is 0.683. The SMILES string of the molecule is c1ccc(-c2nc(-c3ccccc3)c3oc4cc(-n5c6ccccc6c6c7c(ccc65)sc5ccccc57)ccc4c3n2)cc1. The van der Waals surface area contributed by atoms with E-state index in [4.69, 9.17) is 14.4 Å². The van der Waals surface area contributed by atoms with Crippen LogP contribution in [0.5, 0.6) is 0 Å². The van der Waals surface area contributed by atoms with E-state index < -0.39 is 0 Å². The Labute approximate surface area is 261 Å². The van der Waals surface area contributed by atoms with E-state index in [1.807, 2.05) is 59.9 Å². The number of para-hydroxylation sites is 1. The summed E-state index contributed by atoms with van der Waals surface area (Å²) < 4.78 is 11.7. The number of hydrogen-bond donors (Lipinski definition) is 0. The molecule has 6 aromatic carbocycles. The number of benzene rings is 6. The van der Waals surface area contributed by atoms with Crippen molar-refractivity contribution in [3.8, 4) is 28.3 Å². The monoisotopic (exact) mass is 593 g/mol. The van der Waals surface area contributed by atoms with Gasteiger partial charge in [-0.05, 0) is 36.4 Å². The Kier molecular flexibility index (Phi) is 5.12. The van der Waals surface area contributed by atoms with E-state index in [0.717, 1.165) is 39.0 Å². The van der Waals surface area contributed by atoms with Crippen molar-refractivity contribution >= 4 is 75.4 Å². The minimum atomic E-state index is 0.683. The summed E-state index contributed by atoms with van der Waals surface area (Å²) >= 11 is 1.86. The normalized spacial score (nSPS) is 12.0. The molecule has 0 saturated heterocycles. The van der Waals surface area contributed by atoms with Crippen LogP contribution in [0.15, 0.2) is 144 Å². The van der Waals surface area contributed by atoms with Crippen LogP contribution in [0.25, 0.3) is 92.4 Å². The summed E-state index contributed by atoms with van der Waals surface area (Å²) in [5, 5.41) is 6.13. The first-order valence-corrected chi connectivity index (χ1v) is 15.8. The van der Waals surface area contributed by atoms with Gasteiger partial charge in [-0.25, -0.2) is 9.97 Å². The highest BCUT2D eigenvalue weighted by Crippen LogP contribution is 2.44. The van der Waals surface area contributed by atoms with Crippen LogP contribution in [0.2, 0.25) is 0 Å². The Balaban J connectivity index is 1.26. The molecule has 0 saturated carbocycles. The lowest BCUT2D eigenvalue weighted by molar-refractivity contribution is 0.667. The van der Waals surface area contributed by atoms with Crippen molar-refractivity contribution in [2.24, 2.45) is 0 Å². The zero-order valence-electron chi connectivity index (χ0n) is 23.9. The summed E-state index contributed by atoms with van der Waals surface area (Å²) in [6, 6.07) is 48.8. The van der Waals surface area contributed by atoms with Crippen LogP contribution < -0.4 is 0 Å². The number of rotatable bonds is 3. The topological polar surface area (TPSA) is 43.9 Å². The Morgan fingerprint density at radius 3 is 2.11 bits per heavy atom. The molecule has 0 fully saturated rings. The molecular formula is C40H23N3OS. The maximum absolute atomic E-state index is 6.67. The molecule has 0 N–H and O–H groups in total. The molecule has 0 bridgehead atoms. The first-order chi connectivity index (χ1) is 22.3. The molecule has 0 atom stereocenters. The van der Waals surface area contributed by atoms with E-state index in [0.29, 0.717) is 11.4 Å². The fourth-order valence-electron chi connectivity index (χ4n) is 6.83. The first-order valence-electron chi connectivity index (χ1n) is 15.0. The molecule has 10 aromatic rings. The third-order valence-corrected chi connectivity index (χ3v) is 9.95. The average Bonchev–Trinajstić information content (AvgIpc) is 3.77. The van der Waals surface area contributed by atoms with Gasteiger partial charge in [0.25, 0.3) is 0 Å². The Morgan fingerprint density at radius 2 is 1.27 bits per heavy atom. The van der Waals surface area contributed by atoms with Gasteiger partial charge in [-0.1, -0.05) is 97.1 Å². The highest BCUT2D eigenvalue weighted by Gasteiger charge is 2.21. The lowest BCUT2D eigenvalue weighted by atomic mass is 10.1. The summed E-state index contributed by atoms with van der Waals surface area (Å²) in [7, 11) is 0. The van der Waals surface area contributed by atoms with Crippen molar-refractivity contribution in [3.63, 3.8) is 0 Å². The van der Waals surface area contributed by atoms with E-state index in [2.05, 4.69) is 95.6 Å². The molecule has 0 aliphatic carbocycles. The number of thiophene rings is 1. The van der Waals surface area contributed by atoms with Crippen LogP contribution in [-0.4, -0.2) is 14.5 Å². The fourth-order valence-corrected chi connectivity index (χ4v) is 7.94. The third kappa shape index (κ3) is 3.59. The largest absolute Gasteiger partial charge is 0.452 e. The highest BCUT2D eigenvalue weighted by atomic mass is 32.1. The second kappa shape index (κ2) is 9.36. The molecule has 0 aliphatic rings. The summed E-state index contributed by atoms with van der Waals surface area (Å²) in [4.78, 5) is 10.1. The van der Waals surface area contributed by atoms with Crippen LogP contribution in [0.4, 0.5) is 0 Å². The molecule has 210 valence electrons. The Morgan fingerprint density at radius 1 is 0.533 bits per heavy atom. The van der Waals surface area contributed by atoms with Gasteiger partial charge < -0.3 is 8.98 Å². The molecule has 4 heterocycles. The molecule has 0 amide bonds. The molecule has 4 aromatic heterocycles. The smallest absolute Gasteiger partial charge is 0.180 e. The predicted octanol–water partition coefficient (Wildman–Crippen LogP) is 11.2. The van der Waals surface area contributed by atoms with Crippen LogP contribution in [0.3, 0.4) is 0 Å². The second-order valence-corrected chi connectivity index (χ2v) is 12.5. The quantitative estimate of drug-likeness (QED) is 0.205. The molecule has 45 heavy (non-hydrogen) atoms. The number of fused-ring (bicyclic) bond motifs is 10. The number of hydrogen-bond acceptors (Lipinski definition) is 4. The van der Waals surface area contributed by atoms with Crippen molar-refractivity contribution in [2.45, 2.75) is 0 Å². The number of furan rings is 1. The second-order valence-electron chi connectivity index (χ2n) is 11.4. The lowest BCUT2D eigenvalue weighted by Gasteiger charge is -2.08. The predicted molar refractivity (Wildman–Crippen MR) is 187 cm³/mol. The summed E-state index contributed by atoms with van der Waals surface area (Å²) in [5.41, 5.74) is 8.45. The summed E-state index contributed by atoms with van der Waals surface area (Å²) in [6.45, 7) is 0. The van der Waals surface area contributed by atoms with E-state index >= 15 is 0 Å². The maximum atomic E-state index is 6.67. The molecule has 10 rings (SSSR count). The van der Waals surface area contributed by atoms with Crippen molar-refractivity contribution in [3.05, 3.63) is 140 Å². The molecule has 0 aliphatic heterocycles. The first kappa shape index (κ1) is 24.6. The number of nitrogens with zero attached hydrogens (tertiary/aromatic N) is 3. The van der Waals surface area contributed by atoms with Crippen LogP contribution in [-0.2, 0) is 0 Å². The average molecular weight is 594 g/mol. The van der Waals surface area contributed by atoms with E-state index in [9.17, 15) is 0 Å². The van der Waals surface area contributed by atoms with Gasteiger partial charge >= 0.3 is 0 Å². The van der Waals surface area contributed by atoms with E-state index in [1.54, 1.807) is 0 Å². The van der Waals surface area contributed by atoms with Gasteiger partial charge in [0.2, 0.25) is 0 Å². The fraction of sp³-hybridized carbons (Fsp3) is 0. The minimum Gasteiger partial charge on any atom is -0.452 e. The molecule has 4 nitrogen and oxygen atoms in total.